The maximum Gasteiger partial charge on any atom is 0.269 e. The summed E-state index contributed by atoms with van der Waals surface area (Å²) < 4.78 is 13.3. The number of hydrogen-bond acceptors (Lipinski definition) is 4. The third-order valence-electron chi connectivity index (χ3n) is 4.49. The summed E-state index contributed by atoms with van der Waals surface area (Å²) in [7, 11) is 0. The van der Waals surface area contributed by atoms with Crippen molar-refractivity contribution >= 4 is 17.5 Å². The molecule has 1 aliphatic rings. The average Bonchev–Trinajstić information content (AvgIpc) is 2.68. The SMILES string of the molecule is O=C(Cc1ccc([N+](=O)[O-])cc1)N1CCN(C(=O)c2cccc(F)c2)CC1. The fourth-order valence-electron chi connectivity index (χ4n) is 2.98. The largest absolute Gasteiger partial charge is 0.339 e. The van der Waals surface area contributed by atoms with Gasteiger partial charge in [-0.3, -0.25) is 19.7 Å². The van der Waals surface area contributed by atoms with E-state index in [1.54, 1.807) is 28.0 Å². The molecule has 2 amide bonds. The molecule has 0 aliphatic carbocycles. The Balaban J connectivity index is 1.54. The Morgan fingerprint density at radius 1 is 1.00 bits per heavy atom. The van der Waals surface area contributed by atoms with Gasteiger partial charge in [0.25, 0.3) is 11.6 Å². The van der Waals surface area contributed by atoms with Crippen LogP contribution in [0.5, 0.6) is 0 Å². The fraction of sp³-hybridized carbons (Fsp3) is 0.263. The van der Waals surface area contributed by atoms with Crippen LogP contribution in [0, 0.1) is 15.9 Å². The number of rotatable bonds is 4. The number of nitro groups is 1. The fourth-order valence-corrected chi connectivity index (χ4v) is 2.98. The van der Waals surface area contributed by atoms with Crippen LogP contribution in [0.2, 0.25) is 0 Å². The van der Waals surface area contributed by atoms with Crippen LogP contribution in [-0.4, -0.2) is 52.7 Å². The molecule has 0 saturated carbocycles. The maximum atomic E-state index is 13.3. The molecule has 3 rings (SSSR count). The van der Waals surface area contributed by atoms with Gasteiger partial charge < -0.3 is 9.80 Å². The smallest absolute Gasteiger partial charge is 0.269 e. The van der Waals surface area contributed by atoms with Gasteiger partial charge in [0.1, 0.15) is 5.82 Å². The molecule has 0 radical (unpaired) electrons. The van der Waals surface area contributed by atoms with Crippen LogP contribution in [-0.2, 0) is 11.2 Å². The number of carbonyl (C=O) groups excluding carboxylic acids is 2. The lowest BCUT2D eigenvalue weighted by Gasteiger charge is -2.35. The molecule has 1 fully saturated rings. The van der Waals surface area contributed by atoms with Crippen molar-refractivity contribution in [1.82, 2.24) is 9.80 Å². The molecule has 0 unspecified atom stereocenters. The van der Waals surface area contributed by atoms with Gasteiger partial charge in [-0.2, -0.15) is 0 Å². The number of piperazine rings is 1. The van der Waals surface area contributed by atoms with Crippen molar-refractivity contribution in [3.63, 3.8) is 0 Å². The lowest BCUT2D eigenvalue weighted by atomic mass is 10.1. The highest BCUT2D eigenvalue weighted by molar-refractivity contribution is 5.94. The number of nitrogens with zero attached hydrogens (tertiary/aromatic N) is 3. The first-order chi connectivity index (χ1) is 12.9. The Kier molecular flexibility index (Phi) is 5.44. The number of halogens is 1. The van der Waals surface area contributed by atoms with Crippen LogP contribution < -0.4 is 0 Å². The molecule has 0 atom stereocenters. The minimum absolute atomic E-state index is 0.0179. The highest BCUT2D eigenvalue weighted by Gasteiger charge is 2.25. The van der Waals surface area contributed by atoms with Crippen LogP contribution in [0.3, 0.4) is 0 Å². The summed E-state index contributed by atoms with van der Waals surface area (Å²) in [5.74, 6) is -0.809. The summed E-state index contributed by atoms with van der Waals surface area (Å²) >= 11 is 0. The lowest BCUT2D eigenvalue weighted by Crippen LogP contribution is -2.51. The van der Waals surface area contributed by atoms with Gasteiger partial charge in [0.2, 0.25) is 5.91 Å². The van der Waals surface area contributed by atoms with Crippen molar-refractivity contribution in [3.8, 4) is 0 Å². The Labute approximate surface area is 155 Å². The minimum Gasteiger partial charge on any atom is -0.339 e. The molecule has 1 aliphatic heterocycles. The van der Waals surface area contributed by atoms with Gasteiger partial charge in [0.05, 0.1) is 11.3 Å². The molecule has 0 N–H and O–H groups in total. The van der Waals surface area contributed by atoms with Crippen LogP contribution in [0.4, 0.5) is 10.1 Å². The van der Waals surface area contributed by atoms with Crippen LogP contribution in [0.25, 0.3) is 0 Å². The van der Waals surface area contributed by atoms with E-state index in [1.807, 2.05) is 0 Å². The van der Waals surface area contributed by atoms with Crippen LogP contribution in [0.15, 0.2) is 48.5 Å². The van der Waals surface area contributed by atoms with Gasteiger partial charge in [-0.05, 0) is 23.8 Å². The molecule has 0 aromatic heterocycles. The molecular weight excluding hydrogens is 353 g/mol. The second kappa shape index (κ2) is 7.94. The predicted molar refractivity (Wildman–Crippen MR) is 95.7 cm³/mol. The van der Waals surface area contributed by atoms with Crippen molar-refractivity contribution < 1.29 is 18.9 Å². The van der Waals surface area contributed by atoms with E-state index in [1.165, 1.54) is 30.3 Å². The van der Waals surface area contributed by atoms with Crippen molar-refractivity contribution in [3.05, 3.63) is 75.6 Å². The number of carbonyl (C=O) groups is 2. The quantitative estimate of drug-likeness (QED) is 0.610. The van der Waals surface area contributed by atoms with E-state index >= 15 is 0 Å². The van der Waals surface area contributed by atoms with E-state index in [9.17, 15) is 24.1 Å². The molecule has 1 heterocycles. The number of nitro benzene ring substituents is 1. The van der Waals surface area contributed by atoms with Crippen molar-refractivity contribution in [2.75, 3.05) is 26.2 Å². The van der Waals surface area contributed by atoms with Gasteiger partial charge >= 0.3 is 0 Å². The maximum absolute atomic E-state index is 13.3. The standard InChI is InChI=1S/C19H18FN3O4/c20-16-3-1-2-15(13-16)19(25)22-10-8-21(9-11-22)18(24)12-14-4-6-17(7-5-14)23(26)27/h1-7,13H,8-12H2. The number of amides is 2. The van der Waals surface area contributed by atoms with E-state index in [0.29, 0.717) is 37.3 Å². The van der Waals surface area contributed by atoms with Gasteiger partial charge in [0.15, 0.2) is 0 Å². The van der Waals surface area contributed by atoms with Gasteiger partial charge in [-0.25, -0.2) is 4.39 Å². The first kappa shape index (κ1) is 18.5. The summed E-state index contributed by atoms with van der Waals surface area (Å²) in [5.41, 5.74) is 0.972. The topological polar surface area (TPSA) is 83.8 Å². The summed E-state index contributed by atoms with van der Waals surface area (Å²) in [6, 6.07) is 11.4. The van der Waals surface area contributed by atoms with Crippen LogP contribution in [0.1, 0.15) is 15.9 Å². The molecule has 0 spiro atoms. The number of benzene rings is 2. The zero-order valence-electron chi connectivity index (χ0n) is 14.5. The first-order valence-corrected chi connectivity index (χ1v) is 8.50. The summed E-state index contributed by atoms with van der Waals surface area (Å²) in [6.07, 6.45) is 0.149. The third-order valence-corrected chi connectivity index (χ3v) is 4.49. The Hall–Kier alpha value is -3.29. The minimum atomic E-state index is -0.486. The van der Waals surface area contributed by atoms with Crippen molar-refractivity contribution in [1.29, 1.82) is 0 Å². The zero-order chi connectivity index (χ0) is 19.4. The van der Waals surface area contributed by atoms with Crippen molar-refractivity contribution in [2.45, 2.75) is 6.42 Å². The molecule has 27 heavy (non-hydrogen) atoms. The summed E-state index contributed by atoms with van der Waals surface area (Å²) in [4.78, 5) is 38.3. The predicted octanol–water partition coefficient (Wildman–Crippen LogP) is 2.26. The third kappa shape index (κ3) is 4.46. The molecule has 7 nitrogen and oxygen atoms in total. The second-order valence-electron chi connectivity index (χ2n) is 6.28. The molecule has 140 valence electrons. The highest BCUT2D eigenvalue weighted by atomic mass is 19.1. The summed E-state index contributed by atoms with van der Waals surface area (Å²) in [6.45, 7) is 1.54. The van der Waals surface area contributed by atoms with Gasteiger partial charge in [0, 0.05) is 43.9 Å². The molecule has 1 saturated heterocycles. The second-order valence-corrected chi connectivity index (χ2v) is 6.28. The normalized spacial score (nSPS) is 14.1. The van der Waals surface area contributed by atoms with E-state index in [0.717, 1.165) is 0 Å². The first-order valence-electron chi connectivity index (χ1n) is 8.50. The molecular formula is C19H18FN3O4. The zero-order valence-corrected chi connectivity index (χ0v) is 14.5. The number of non-ortho nitro benzene ring substituents is 1. The number of hydrogen-bond donors (Lipinski definition) is 0. The lowest BCUT2D eigenvalue weighted by molar-refractivity contribution is -0.384. The average molecular weight is 371 g/mol. The molecule has 8 heteroatoms. The molecule has 0 bridgehead atoms. The van der Waals surface area contributed by atoms with E-state index in [-0.39, 0.29) is 23.9 Å². The van der Waals surface area contributed by atoms with E-state index < -0.39 is 10.7 Å². The van der Waals surface area contributed by atoms with Crippen LogP contribution >= 0.6 is 0 Å². The molecule has 2 aromatic rings. The Bertz CT molecular complexity index is 862. The van der Waals surface area contributed by atoms with Gasteiger partial charge in [-0.15, -0.1) is 0 Å². The Morgan fingerprint density at radius 3 is 2.22 bits per heavy atom. The van der Waals surface area contributed by atoms with Crippen molar-refractivity contribution in [2.24, 2.45) is 0 Å². The van der Waals surface area contributed by atoms with Gasteiger partial charge in [-0.1, -0.05) is 18.2 Å². The summed E-state index contributed by atoms with van der Waals surface area (Å²) in [5, 5.41) is 10.7. The monoisotopic (exact) mass is 371 g/mol. The highest BCUT2D eigenvalue weighted by Crippen LogP contribution is 2.14. The molecule has 2 aromatic carbocycles. The van der Waals surface area contributed by atoms with E-state index in [2.05, 4.69) is 0 Å². The Morgan fingerprint density at radius 2 is 1.63 bits per heavy atom. The van der Waals surface area contributed by atoms with E-state index in [4.69, 9.17) is 0 Å².